The Labute approximate surface area is 193 Å². The molecule has 8 heteroatoms. The van der Waals surface area contributed by atoms with Crippen LogP contribution in [-0.4, -0.2) is 33.8 Å². The molecule has 1 aliphatic heterocycles. The van der Waals surface area contributed by atoms with Gasteiger partial charge in [-0.1, -0.05) is 29.8 Å². The molecule has 0 aliphatic carbocycles. The monoisotopic (exact) mass is 450 g/mol. The highest BCUT2D eigenvalue weighted by molar-refractivity contribution is 6.31. The first-order valence-corrected chi connectivity index (χ1v) is 11.1. The minimum atomic E-state index is -0.404. The van der Waals surface area contributed by atoms with Gasteiger partial charge in [0.25, 0.3) is 5.91 Å². The van der Waals surface area contributed by atoms with Crippen LogP contribution in [0.4, 0.5) is 17.3 Å². The lowest BCUT2D eigenvalue weighted by Gasteiger charge is -2.29. The topological polar surface area (TPSA) is 75.1 Å². The largest absolute Gasteiger partial charge is 0.372 e. The molecule has 32 heavy (non-hydrogen) atoms. The lowest BCUT2D eigenvalue weighted by molar-refractivity contribution is -0.113. The standard InChI is InChI=1S/C24H27ClN6O/c1-5-30(6-2)19-11-8-17(9-12-19)22-21(16(4)28-24-26-14-27-31(22)24)23(32)29-20-13-18(25)10-7-15(20)3/h7-14,22H,5-6H2,1-4H3,(H,29,32)(H,26,27,28). The Morgan fingerprint density at radius 2 is 1.88 bits per heavy atom. The molecule has 166 valence electrons. The van der Waals surface area contributed by atoms with Crippen LogP contribution in [0.25, 0.3) is 0 Å². The van der Waals surface area contributed by atoms with Crippen molar-refractivity contribution in [2.24, 2.45) is 0 Å². The molecule has 0 saturated heterocycles. The summed E-state index contributed by atoms with van der Waals surface area (Å²) in [6.07, 6.45) is 1.49. The Hall–Kier alpha value is -3.32. The summed E-state index contributed by atoms with van der Waals surface area (Å²) < 4.78 is 1.75. The molecule has 1 amide bonds. The Bertz CT molecular complexity index is 1160. The number of carbonyl (C=O) groups excluding carboxylic acids is 1. The Kier molecular flexibility index (Phi) is 6.19. The van der Waals surface area contributed by atoms with E-state index in [-0.39, 0.29) is 5.91 Å². The van der Waals surface area contributed by atoms with Crippen molar-refractivity contribution >= 4 is 34.8 Å². The maximum absolute atomic E-state index is 13.5. The molecule has 0 spiro atoms. The number of hydrogen-bond donors (Lipinski definition) is 2. The van der Waals surface area contributed by atoms with Crippen molar-refractivity contribution in [1.29, 1.82) is 0 Å². The molecule has 0 bridgehead atoms. The lowest BCUT2D eigenvalue weighted by Crippen LogP contribution is -2.31. The van der Waals surface area contributed by atoms with Crippen molar-refractivity contribution in [3.05, 3.63) is 76.2 Å². The van der Waals surface area contributed by atoms with Gasteiger partial charge in [0.2, 0.25) is 5.95 Å². The summed E-state index contributed by atoms with van der Waals surface area (Å²) in [7, 11) is 0. The normalized spacial score (nSPS) is 15.2. The number of allylic oxidation sites excluding steroid dienone is 1. The van der Waals surface area contributed by atoms with Gasteiger partial charge in [0.15, 0.2) is 0 Å². The number of anilines is 3. The van der Waals surface area contributed by atoms with Crippen LogP contribution in [-0.2, 0) is 4.79 Å². The summed E-state index contributed by atoms with van der Waals surface area (Å²) in [5.41, 5.74) is 5.04. The van der Waals surface area contributed by atoms with E-state index in [4.69, 9.17) is 11.6 Å². The molecular formula is C24H27ClN6O. The van der Waals surface area contributed by atoms with Gasteiger partial charge in [-0.2, -0.15) is 10.1 Å². The van der Waals surface area contributed by atoms with E-state index in [1.54, 1.807) is 16.8 Å². The van der Waals surface area contributed by atoms with Gasteiger partial charge in [-0.3, -0.25) is 4.79 Å². The van der Waals surface area contributed by atoms with Gasteiger partial charge in [-0.05, 0) is 63.1 Å². The highest BCUT2D eigenvalue weighted by Gasteiger charge is 2.33. The summed E-state index contributed by atoms with van der Waals surface area (Å²) in [6.45, 7) is 9.96. The number of amides is 1. The zero-order valence-electron chi connectivity index (χ0n) is 18.7. The van der Waals surface area contributed by atoms with E-state index < -0.39 is 6.04 Å². The number of hydrogen-bond acceptors (Lipinski definition) is 5. The number of nitrogens with one attached hydrogen (secondary N) is 2. The maximum Gasteiger partial charge on any atom is 0.255 e. The number of benzene rings is 2. The third kappa shape index (κ3) is 4.08. The van der Waals surface area contributed by atoms with Crippen molar-refractivity contribution < 1.29 is 4.79 Å². The van der Waals surface area contributed by atoms with Crippen LogP contribution in [0, 0.1) is 6.92 Å². The third-order valence-corrected chi connectivity index (χ3v) is 6.06. The van der Waals surface area contributed by atoms with E-state index in [0.29, 0.717) is 22.2 Å². The van der Waals surface area contributed by atoms with Gasteiger partial charge in [0.05, 0.1) is 5.57 Å². The van der Waals surface area contributed by atoms with Gasteiger partial charge in [0, 0.05) is 35.2 Å². The molecule has 7 nitrogen and oxygen atoms in total. The summed E-state index contributed by atoms with van der Waals surface area (Å²) >= 11 is 6.15. The van der Waals surface area contributed by atoms with E-state index in [9.17, 15) is 4.79 Å². The summed E-state index contributed by atoms with van der Waals surface area (Å²) in [5, 5.41) is 11.2. The fourth-order valence-corrected chi connectivity index (χ4v) is 4.24. The highest BCUT2D eigenvalue weighted by Crippen LogP contribution is 2.36. The van der Waals surface area contributed by atoms with Crippen LogP contribution in [0.3, 0.4) is 0 Å². The van der Waals surface area contributed by atoms with E-state index in [2.05, 4.69) is 63.7 Å². The van der Waals surface area contributed by atoms with Crippen molar-refractivity contribution in [1.82, 2.24) is 14.8 Å². The fraction of sp³-hybridized carbons (Fsp3) is 0.292. The summed E-state index contributed by atoms with van der Waals surface area (Å²) in [5.74, 6) is 0.398. The molecule has 4 rings (SSSR count). The molecule has 1 aromatic heterocycles. The molecular weight excluding hydrogens is 424 g/mol. The molecule has 3 aromatic rings. The van der Waals surface area contributed by atoms with Gasteiger partial charge < -0.3 is 15.5 Å². The second-order valence-electron chi connectivity index (χ2n) is 7.77. The van der Waals surface area contributed by atoms with Crippen LogP contribution in [0.1, 0.15) is 37.9 Å². The molecule has 0 fully saturated rings. The van der Waals surface area contributed by atoms with Gasteiger partial charge in [-0.25, -0.2) is 4.68 Å². The number of halogens is 1. The van der Waals surface area contributed by atoms with Crippen molar-refractivity contribution in [3.8, 4) is 0 Å². The van der Waals surface area contributed by atoms with Crippen LogP contribution >= 0.6 is 11.6 Å². The molecule has 1 unspecified atom stereocenters. The Balaban J connectivity index is 1.73. The number of aromatic nitrogens is 3. The fourth-order valence-electron chi connectivity index (χ4n) is 4.07. The predicted octanol–water partition coefficient (Wildman–Crippen LogP) is 5.01. The maximum atomic E-state index is 13.5. The van der Waals surface area contributed by atoms with Crippen LogP contribution < -0.4 is 15.5 Å². The number of rotatable bonds is 6. The average Bonchev–Trinajstić information content (AvgIpc) is 3.24. The van der Waals surface area contributed by atoms with Crippen molar-refractivity contribution in [2.45, 2.75) is 33.7 Å². The minimum absolute atomic E-state index is 0.209. The summed E-state index contributed by atoms with van der Waals surface area (Å²) in [6, 6.07) is 13.3. The highest BCUT2D eigenvalue weighted by atomic mass is 35.5. The minimum Gasteiger partial charge on any atom is -0.372 e. The Morgan fingerprint density at radius 1 is 1.16 bits per heavy atom. The van der Waals surface area contributed by atoms with Gasteiger partial charge >= 0.3 is 0 Å². The van der Waals surface area contributed by atoms with Gasteiger partial charge in [-0.15, -0.1) is 0 Å². The smallest absolute Gasteiger partial charge is 0.255 e. The van der Waals surface area contributed by atoms with Crippen molar-refractivity contribution in [3.63, 3.8) is 0 Å². The first kappa shape index (κ1) is 21.9. The molecule has 2 heterocycles. The number of carbonyl (C=O) groups is 1. The molecule has 1 aliphatic rings. The molecule has 2 aromatic carbocycles. The lowest BCUT2D eigenvalue weighted by atomic mass is 9.94. The average molecular weight is 451 g/mol. The molecule has 0 saturated carbocycles. The third-order valence-electron chi connectivity index (χ3n) is 5.82. The van der Waals surface area contributed by atoms with E-state index >= 15 is 0 Å². The SMILES string of the molecule is CCN(CC)c1ccc(C2C(C(=O)Nc3cc(Cl)ccc3C)=C(C)Nc3ncnn32)cc1. The second-order valence-corrected chi connectivity index (χ2v) is 8.21. The Morgan fingerprint density at radius 3 is 2.56 bits per heavy atom. The first-order chi connectivity index (χ1) is 15.4. The quantitative estimate of drug-likeness (QED) is 0.552. The zero-order valence-corrected chi connectivity index (χ0v) is 19.4. The van der Waals surface area contributed by atoms with Crippen LogP contribution in [0.15, 0.2) is 60.1 Å². The van der Waals surface area contributed by atoms with Crippen molar-refractivity contribution in [2.75, 3.05) is 28.6 Å². The van der Waals surface area contributed by atoms with E-state index in [1.165, 1.54) is 6.33 Å². The van der Waals surface area contributed by atoms with Crippen LogP contribution in [0.5, 0.6) is 0 Å². The summed E-state index contributed by atoms with van der Waals surface area (Å²) in [4.78, 5) is 20.1. The van der Waals surface area contributed by atoms with E-state index in [1.807, 2.05) is 19.9 Å². The zero-order chi connectivity index (χ0) is 22.8. The van der Waals surface area contributed by atoms with Gasteiger partial charge in [0.1, 0.15) is 12.4 Å². The molecule has 0 radical (unpaired) electrons. The number of nitrogens with zero attached hydrogens (tertiary/aromatic N) is 4. The number of fused-ring (bicyclic) bond motifs is 1. The molecule has 2 N–H and O–H groups in total. The molecule has 1 atom stereocenters. The predicted molar refractivity (Wildman–Crippen MR) is 129 cm³/mol. The first-order valence-electron chi connectivity index (χ1n) is 10.7. The van der Waals surface area contributed by atoms with Crippen LogP contribution in [0.2, 0.25) is 5.02 Å². The number of aryl methyl sites for hydroxylation is 1. The van der Waals surface area contributed by atoms with E-state index in [0.717, 1.165) is 35.6 Å². The second kappa shape index (κ2) is 9.04.